The van der Waals surface area contributed by atoms with Crippen molar-refractivity contribution >= 4 is 17.5 Å². The molecular formula is C24H30N2O3. The SMILES string of the molecule is Cc1ccc(C(C)C)c(OCC(=O)Nc2ccc(C(=O)N3CCCCC3)cc2)c1. The van der Waals surface area contributed by atoms with Crippen LogP contribution >= 0.6 is 0 Å². The lowest BCUT2D eigenvalue weighted by Crippen LogP contribution is -2.35. The van der Waals surface area contributed by atoms with Gasteiger partial charge in [0.2, 0.25) is 0 Å². The van der Waals surface area contributed by atoms with E-state index in [9.17, 15) is 9.59 Å². The Hall–Kier alpha value is -2.82. The summed E-state index contributed by atoms with van der Waals surface area (Å²) < 4.78 is 5.78. The Balaban J connectivity index is 1.56. The van der Waals surface area contributed by atoms with Crippen LogP contribution < -0.4 is 10.1 Å². The summed E-state index contributed by atoms with van der Waals surface area (Å²) >= 11 is 0. The zero-order chi connectivity index (χ0) is 20.8. The van der Waals surface area contributed by atoms with E-state index in [2.05, 4.69) is 25.2 Å². The highest BCUT2D eigenvalue weighted by molar-refractivity contribution is 5.96. The normalized spacial score (nSPS) is 14.0. The van der Waals surface area contributed by atoms with Crippen LogP contribution in [0.2, 0.25) is 0 Å². The highest BCUT2D eigenvalue weighted by Crippen LogP contribution is 2.27. The van der Waals surface area contributed by atoms with Gasteiger partial charge in [0, 0.05) is 24.3 Å². The van der Waals surface area contributed by atoms with E-state index in [1.54, 1.807) is 24.3 Å². The standard InChI is InChI=1S/C24H30N2O3/c1-17(2)21-12-7-18(3)15-22(21)29-16-23(27)25-20-10-8-19(9-11-20)24(28)26-13-5-4-6-14-26/h7-12,15,17H,4-6,13-14,16H2,1-3H3,(H,25,27). The smallest absolute Gasteiger partial charge is 0.262 e. The van der Waals surface area contributed by atoms with Crippen LogP contribution in [0.15, 0.2) is 42.5 Å². The average molecular weight is 395 g/mol. The summed E-state index contributed by atoms with van der Waals surface area (Å²) in [5.41, 5.74) is 3.49. The van der Waals surface area contributed by atoms with E-state index in [-0.39, 0.29) is 18.4 Å². The minimum Gasteiger partial charge on any atom is -0.483 e. The number of rotatable bonds is 6. The summed E-state index contributed by atoms with van der Waals surface area (Å²) in [7, 11) is 0. The van der Waals surface area contributed by atoms with E-state index < -0.39 is 0 Å². The van der Waals surface area contributed by atoms with Crippen molar-refractivity contribution in [2.24, 2.45) is 0 Å². The topological polar surface area (TPSA) is 58.6 Å². The van der Waals surface area contributed by atoms with E-state index in [0.29, 0.717) is 17.2 Å². The summed E-state index contributed by atoms with van der Waals surface area (Å²) in [6.45, 7) is 7.80. The van der Waals surface area contributed by atoms with Gasteiger partial charge in [-0.05, 0) is 73.6 Å². The first-order chi connectivity index (χ1) is 13.9. The molecule has 0 aliphatic carbocycles. The Labute approximate surface area is 173 Å². The van der Waals surface area contributed by atoms with Crippen LogP contribution in [0, 0.1) is 6.92 Å². The Morgan fingerprint density at radius 3 is 2.38 bits per heavy atom. The molecule has 154 valence electrons. The molecule has 0 aromatic heterocycles. The molecule has 2 aromatic rings. The number of likely N-dealkylation sites (tertiary alicyclic amines) is 1. The molecule has 1 saturated heterocycles. The van der Waals surface area contributed by atoms with Crippen molar-refractivity contribution in [1.29, 1.82) is 0 Å². The number of carbonyl (C=O) groups excluding carboxylic acids is 2. The van der Waals surface area contributed by atoms with Crippen LogP contribution in [0.25, 0.3) is 0 Å². The van der Waals surface area contributed by atoms with E-state index >= 15 is 0 Å². The lowest BCUT2D eigenvalue weighted by molar-refractivity contribution is -0.118. The zero-order valence-corrected chi connectivity index (χ0v) is 17.5. The fourth-order valence-electron chi connectivity index (χ4n) is 3.56. The number of hydrogen-bond acceptors (Lipinski definition) is 3. The van der Waals surface area contributed by atoms with Crippen LogP contribution in [0.1, 0.15) is 60.5 Å². The summed E-state index contributed by atoms with van der Waals surface area (Å²) in [6, 6.07) is 13.1. The first-order valence-corrected chi connectivity index (χ1v) is 10.4. The number of benzene rings is 2. The second kappa shape index (κ2) is 9.59. The fourth-order valence-corrected chi connectivity index (χ4v) is 3.56. The van der Waals surface area contributed by atoms with Crippen LogP contribution in [0.3, 0.4) is 0 Å². The lowest BCUT2D eigenvalue weighted by atomic mass is 10.0. The van der Waals surface area contributed by atoms with Crippen molar-refractivity contribution < 1.29 is 14.3 Å². The Morgan fingerprint density at radius 2 is 1.72 bits per heavy atom. The maximum Gasteiger partial charge on any atom is 0.262 e. The number of nitrogens with one attached hydrogen (secondary N) is 1. The second-order valence-corrected chi connectivity index (χ2v) is 7.96. The highest BCUT2D eigenvalue weighted by atomic mass is 16.5. The van der Waals surface area contributed by atoms with Gasteiger partial charge in [-0.1, -0.05) is 26.0 Å². The molecule has 0 atom stereocenters. The van der Waals surface area contributed by atoms with Gasteiger partial charge in [0.1, 0.15) is 5.75 Å². The van der Waals surface area contributed by atoms with Crippen LogP contribution in [0.5, 0.6) is 5.75 Å². The van der Waals surface area contributed by atoms with Crippen LogP contribution in [0.4, 0.5) is 5.69 Å². The van der Waals surface area contributed by atoms with Gasteiger partial charge in [-0.15, -0.1) is 0 Å². The van der Waals surface area contributed by atoms with Crippen molar-refractivity contribution in [2.45, 2.75) is 46.0 Å². The van der Waals surface area contributed by atoms with Crippen molar-refractivity contribution in [3.05, 3.63) is 59.2 Å². The van der Waals surface area contributed by atoms with Gasteiger partial charge in [-0.2, -0.15) is 0 Å². The van der Waals surface area contributed by atoms with E-state index in [4.69, 9.17) is 4.74 Å². The summed E-state index contributed by atoms with van der Waals surface area (Å²) in [5, 5.41) is 2.83. The third kappa shape index (κ3) is 5.59. The van der Waals surface area contributed by atoms with Gasteiger partial charge in [0.25, 0.3) is 11.8 Å². The zero-order valence-electron chi connectivity index (χ0n) is 17.5. The third-order valence-electron chi connectivity index (χ3n) is 5.21. The lowest BCUT2D eigenvalue weighted by Gasteiger charge is -2.26. The number of carbonyl (C=O) groups is 2. The van der Waals surface area contributed by atoms with Gasteiger partial charge in [0.15, 0.2) is 6.61 Å². The molecule has 3 rings (SSSR count). The first-order valence-electron chi connectivity index (χ1n) is 10.4. The van der Waals surface area contributed by atoms with Crippen LogP contribution in [-0.2, 0) is 4.79 Å². The summed E-state index contributed by atoms with van der Waals surface area (Å²) in [4.78, 5) is 26.7. The molecule has 0 spiro atoms. The maximum atomic E-state index is 12.5. The minimum atomic E-state index is -0.226. The van der Waals surface area contributed by atoms with Gasteiger partial charge in [-0.3, -0.25) is 9.59 Å². The molecule has 1 fully saturated rings. The maximum absolute atomic E-state index is 12.5. The van der Waals surface area contributed by atoms with Gasteiger partial charge in [-0.25, -0.2) is 0 Å². The van der Waals surface area contributed by atoms with E-state index in [0.717, 1.165) is 42.8 Å². The molecule has 2 aromatic carbocycles. The first kappa shape index (κ1) is 20.9. The molecule has 5 nitrogen and oxygen atoms in total. The Kier molecular flexibility index (Phi) is 6.91. The monoisotopic (exact) mass is 394 g/mol. The van der Waals surface area contributed by atoms with Gasteiger partial charge < -0.3 is 15.0 Å². The number of amides is 2. The number of piperidine rings is 1. The highest BCUT2D eigenvalue weighted by Gasteiger charge is 2.18. The second-order valence-electron chi connectivity index (χ2n) is 7.96. The molecule has 5 heteroatoms. The molecule has 0 saturated carbocycles. The Bertz CT molecular complexity index is 853. The Morgan fingerprint density at radius 1 is 1.03 bits per heavy atom. The predicted molar refractivity (Wildman–Crippen MR) is 116 cm³/mol. The van der Waals surface area contributed by atoms with Crippen molar-refractivity contribution in [3.63, 3.8) is 0 Å². The molecule has 0 radical (unpaired) electrons. The van der Waals surface area contributed by atoms with Gasteiger partial charge in [0.05, 0.1) is 0 Å². The summed E-state index contributed by atoms with van der Waals surface area (Å²) in [5.74, 6) is 0.902. The molecule has 0 bridgehead atoms. The predicted octanol–water partition coefficient (Wildman–Crippen LogP) is 4.76. The molecule has 29 heavy (non-hydrogen) atoms. The van der Waals surface area contributed by atoms with E-state index in [1.807, 2.05) is 24.0 Å². The number of hydrogen-bond donors (Lipinski definition) is 1. The molecular weight excluding hydrogens is 364 g/mol. The molecule has 1 aliphatic rings. The molecule has 1 aliphatic heterocycles. The van der Waals surface area contributed by atoms with Gasteiger partial charge >= 0.3 is 0 Å². The average Bonchev–Trinajstić information content (AvgIpc) is 2.73. The van der Waals surface area contributed by atoms with Crippen molar-refractivity contribution in [1.82, 2.24) is 4.90 Å². The molecule has 1 heterocycles. The molecule has 1 N–H and O–H groups in total. The number of ether oxygens (including phenoxy) is 1. The number of nitrogens with zero attached hydrogens (tertiary/aromatic N) is 1. The third-order valence-corrected chi connectivity index (χ3v) is 5.21. The molecule has 0 unspecified atom stereocenters. The fraction of sp³-hybridized carbons (Fsp3) is 0.417. The van der Waals surface area contributed by atoms with Crippen molar-refractivity contribution in [3.8, 4) is 5.75 Å². The van der Waals surface area contributed by atoms with Crippen molar-refractivity contribution in [2.75, 3.05) is 25.0 Å². The minimum absolute atomic E-state index is 0.0579. The quantitative estimate of drug-likeness (QED) is 0.768. The number of anilines is 1. The number of aryl methyl sites for hydroxylation is 1. The molecule has 2 amide bonds. The van der Waals surface area contributed by atoms with E-state index in [1.165, 1.54) is 6.42 Å². The summed E-state index contributed by atoms with van der Waals surface area (Å²) in [6.07, 6.45) is 3.33. The van der Waals surface area contributed by atoms with Crippen LogP contribution in [-0.4, -0.2) is 36.4 Å². The largest absolute Gasteiger partial charge is 0.483 e.